The number of H-pyrrole nitrogens is 1. The minimum absolute atomic E-state index is 0.220. The monoisotopic (exact) mass is 343 g/mol. The lowest BCUT2D eigenvalue weighted by Crippen LogP contribution is -2.64. The summed E-state index contributed by atoms with van der Waals surface area (Å²) >= 11 is 6.09. The van der Waals surface area contributed by atoms with Crippen LogP contribution in [0.3, 0.4) is 0 Å². The SMILES string of the molecule is Cc1[nH]nc(C(=O)N2CCC3(CC2)OCC[C@@](C)(O)[C@@H]3O)c1Cl. The highest BCUT2D eigenvalue weighted by atomic mass is 35.5. The number of halogens is 1. The second-order valence-electron chi connectivity index (χ2n) is 6.73. The highest BCUT2D eigenvalue weighted by molar-refractivity contribution is 6.34. The smallest absolute Gasteiger partial charge is 0.275 e. The molecule has 2 fully saturated rings. The van der Waals surface area contributed by atoms with Gasteiger partial charge in [0.25, 0.3) is 5.91 Å². The van der Waals surface area contributed by atoms with Crippen molar-refractivity contribution in [1.82, 2.24) is 15.1 Å². The predicted octanol–water partition coefficient (Wildman–Crippen LogP) is 0.879. The second kappa shape index (κ2) is 5.73. The number of carbonyl (C=O) groups excluding carboxylic acids is 1. The van der Waals surface area contributed by atoms with Crippen LogP contribution in [0, 0.1) is 6.92 Å². The number of ether oxygens (including phenoxy) is 1. The maximum absolute atomic E-state index is 12.5. The van der Waals surface area contributed by atoms with Gasteiger partial charge < -0.3 is 19.8 Å². The van der Waals surface area contributed by atoms with Crippen molar-refractivity contribution >= 4 is 17.5 Å². The molecule has 23 heavy (non-hydrogen) atoms. The molecule has 3 rings (SSSR count). The van der Waals surface area contributed by atoms with Crippen molar-refractivity contribution in [2.24, 2.45) is 0 Å². The van der Waals surface area contributed by atoms with Crippen LogP contribution in [0.15, 0.2) is 0 Å². The Bertz CT molecular complexity index is 608. The highest BCUT2D eigenvalue weighted by Crippen LogP contribution is 2.40. The number of hydrogen-bond donors (Lipinski definition) is 3. The number of amides is 1. The molecule has 2 saturated heterocycles. The molecule has 7 nitrogen and oxygen atoms in total. The Hall–Kier alpha value is -1.15. The maximum Gasteiger partial charge on any atom is 0.275 e. The number of likely N-dealkylation sites (tertiary alicyclic amines) is 1. The standard InChI is InChI=1S/C15H22ClN3O4/c1-9-10(16)11(18-17-9)12(20)19-6-3-15(4-7-19)13(21)14(2,22)5-8-23-15/h13,21-22H,3-8H2,1-2H3,(H,17,18)/t13-,14+/m0/s1. The van der Waals surface area contributed by atoms with Crippen molar-refractivity contribution in [2.75, 3.05) is 19.7 Å². The van der Waals surface area contributed by atoms with Crippen LogP contribution >= 0.6 is 11.6 Å². The number of piperidine rings is 1. The van der Waals surface area contributed by atoms with E-state index in [1.54, 1.807) is 18.7 Å². The summed E-state index contributed by atoms with van der Waals surface area (Å²) in [4.78, 5) is 14.2. The first-order valence-electron chi connectivity index (χ1n) is 7.81. The fourth-order valence-corrected chi connectivity index (χ4v) is 3.62. The van der Waals surface area contributed by atoms with Gasteiger partial charge in [-0.2, -0.15) is 5.10 Å². The number of carbonyl (C=O) groups is 1. The minimum Gasteiger partial charge on any atom is -0.387 e. The summed E-state index contributed by atoms with van der Waals surface area (Å²) in [6.45, 7) is 4.64. The number of nitrogens with zero attached hydrogens (tertiary/aromatic N) is 2. The molecule has 128 valence electrons. The Morgan fingerprint density at radius 3 is 2.65 bits per heavy atom. The number of aryl methyl sites for hydroxylation is 1. The summed E-state index contributed by atoms with van der Waals surface area (Å²) < 4.78 is 5.82. The molecule has 8 heteroatoms. The lowest BCUT2D eigenvalue weighted by atomic mass is 9.75. The average Bonchev–Trinajstić information content (AvgIpc) is 2.85. The van der Waals surface area contributed by atoms with Crippen LogP contribution in [0.1, 0.15) is 42.4 Å². The summed E-state index contributed by atoms with van der Waals surface area (Å²) in [6, 6.07) is 0. The van der Waals surface area contributed by atoms with E-state index >= 15 is 0 Å². The molecule has 0 aromatic carbocycles. The molecule has 0 saturated carbocycles. The Balaban J connectivity index is 1.71. The Kier molecular flexibility index (Phi) is 4.16. The number of aliphatic hydroxyl groups is 2. The fraction of sp³-hybridized carbons (Fsp3) is 0.733. The Morgan fingerprint density at radius 1 is 1.43 bits per heavy atom. The van der Waals surface area contributed by atoms with Crippen LogP contribution in [-0.2, 0) is 4.74 Å². The van der Waals surface area contributed by atoms with E-state index in [0.29, 0.717) is 49.7 Å². The molecule has 1 spiro atoms. The van der Waals surface area contributed by atoms with Crippen LogP contribution in [0.4, 0.5) is 0 Å². The van der Waals surface area contributed by atoms with Gasteiger partial charge in [0, 0.05) is 19.5 Å². The zero-order chi connectivity index (χ0) is 16.8. The number of aromatic nitrogens is 2. The third-order valence-corrected chi connectivity index (χ3v) is 5.52. The van der Waals surface area contributed by atoms with Crippen LogP contribution in [-0.4, -0.2) is 68.2 Å². The van der Waals surface area contributed by atoms with E-state index < -0.39 is 17.3 Å². The van der Waals surface area contributed by atoms with Gasteiger partial charge in [0.05, 0.1) is 22.9 Å². The molecule has 0 radical (unpaired) electrons. The fourth-order valence-electron chi connectivity index (χ4n) is 3.46. The molecular formula is C15H22ClN3O4. The molecule has 3 N–H and O–H groups in total. The summed E-state index contributed by atoms with van der Waals surface area (Å²) in [5.74, 6) is -0.230. The molecule has 2 aliphatic rings. The van der Waals surface area contributed by atoms with E-state index in [1.807, 2.05) is 0 Å². The molecule has 0 aliphatic carbocycles. The van der Waals surface area contributed by atoms with E-state index in [2.05, 4.69) is 10.2 Å². The lowest BCUT2D eigenvalue weighted by molar-refractivity contribution is -0.244. The van der Waals surface area contributed by atoms with E-state index in [0.717, 1.165) is 0 Å². The number of hydrogen-bond acceptors (Lipinski definition) is 5. The number of aliphatic hydroxyl groups excluding tert-OH is 1. The predicted molar refractivity (Wildman–Crippen MR) is 83.4 cm³/mol. The normalized spacial score (nSPS) is 30.7. The number of aromatic amines is 1. The quantitative estimate of drug-likeness (QED) is 0.703. The second-order valence-corrected chi connectivity index (χ2v) is 7.10. The van der Waals surface area contributed by atoms with Gasteiger partial charge in [-0.25, -0.2) is 0 Å². The summed E-state index contributed by atoms with van der Waals surface area (Å²) in [5, 5.41) is 27.8. The van der Waals surface area contributed by atoms with Gasteiger partial charge in [0.2, 0.25) is 0 Å². The van der Waals surface area contributed by atoms with Gasteiger partial charge in [0.1, 0.15) is 11.7 Å². The zero-order valence-electron chi connectivity index (χ0n) is 13.3. The van der Waals surface area contributed by atoms with Crippen LogP contribution in [0.5, 0.6) is 0 Å². The molecule has 3 heterocycles. The molecule has 0 unspecified atom stereocenters. The molecular weight excluding hydrogens is 322 g/mol. The topological polar surface area (TPSA) is 98.7 Å². The third kappa shape index (κ3) is 2.76. The minimum atomic E-state index is -1.16. The molecule has 1 amide bonds. The molecule has 1 aromatic rings. The van der Waals surface area contributed by atoms with Crippen molar-refractivity contribution in [3.8, 4) is 0 Å². The van der Waals surface area contributed by atoms with Gasteiger partial charge in [-0.15, -0.1) is 0 Å². The maximum atomic E-state index is 12.5. The van der Waals surface area contributed by atoms with Crippen LogP contribution < -0.4 is 0 Å². The first kappa shape index (κ1) is 16.7. The highest BCUT2D eigenvalue weighted by Gasteiger charge is 2.53. The van der Waals surface area contributed by atoms with E-state index in [4.69, 9.17) is 16.3 Å². The molecule has 2 atom stereocenters. The summed E-state index contributed by atoms with van der Waals surface area (Å²) in [6.07, 6.45) is 0.381. The van der Waals surface area contributed by atoms with E-state index in [9.17, 15) is 15.0 Å². The van der Waals surface area contributed by atoms with Gasteiger partial charge in [0.15, 0.2) is 5.69 Å². The van der Waals surface area contributed by atoms with E-state index in [1.165, 1.54) is 0 Å². The number of nitrogens with one attached hydrogen (secondary N) is 1. The number of rotatable bonds is 1. The molecule has 0 bridgehead atoms. The largest absolute Gasteiger partial charge is 0.387 e. The third-order valence-electron chi connectivity index (χ3n) is 5.06. The molecule has 2 aliphatic heterocycles. The Labute approximate surface area is 139 Å². The van der Waals surface area contributed by atoms with Crippen molar-refractivity contribution in [3.05, 3.63) is 16.4 Å². The zero-order valence-corrected chi connectivity index (χ0v) is 14.1. The molecule has 1 aromatic heterocycles. The van der Waals surface area contributed by atoms with Crippen molar-refractivity contribution in [2.45, 2.75) is 50.4 Å². The Morgan fingerprint density at radius 2 is 2.09 bits per heavy atom. The lowest BCUT2D eigenvalue weighted by Gasteiger charge is -2.51. The van der Waals surface area contributed by atoms with Crippen molar-refractivity contribution < 1.29 is 19.7 Å². The average molecular weight is 344 g/mol. The first-order valence-corrected chi connectivity index (χ1v) is 8.19. The van der Waals surface area contributed by atoms with Gasteiger partial charge >= 0.3 is 0 Å². The summed E-state index contributed by atoms with van der Waals surface area (Å²) in [5.41, 5.74) is -1.07. The van der Waals surface area contributed by atoms with Gasteiger partial charge in [-0.05, 0) is 26.7 Å². The van der Waals surface area contributed by atoms with Crippen LogP contribution in [0.2, 0.25) is 5.02 Å². The first-order chi connectivity index (χ1) is 10.8. The van der Waals surface area contributed by atoms with Crippen LogP contribution in [0.25, 0.3) is 0 Å². The van der Waals surface area contributed by atoms with Gasteiger partial charge in [-0.1, -0.05) is 11.6 Å². The van der Waals surface area contributed by atoms with E-state index in [-0.39, 0.29) is 11.6 Å². The van der Waals surface area contributed by atoms with Crippen molar-refractivity contribution in [1.29, 1.82) is 0 Å². The van der Waals surface area contributed by atoms with Crippen molar-refractivity contribution in [3.63, 3.8) is 0 Å². The van der Waals surface area contributed by atoms with Gasteiger partial charge in [-0.3, -0.25) is 9.89 Å². The summed E-state index contributed by atoms with van der Waals surface area (Å²) in [7, 11) is 0.